The fourth-order valence-electron chi connectivity index (χ4n) is 0.966. The Balaban J connectivity index is 3.38. The van der Waals surface area contributed by atoms with E-state index in [0.717, 1.165) is 6.07 Å². The zero-order valence-corrected chi connectivity index (χ0v) is 9.13. The summed E-state index contributed by atoms with van der Waals surface area (Å²) in [5.41, 5.74) is 4.20. The molecule has 0 saturated carbocycles. The molecule has 0 amide bonds. The van der Waals surface area contributed by atoms with Crippen molar-refractivity contribution in [3.05, 3.63) is 33.8 Å². The van der Waals surface area contributed by atoms with Crippen molar-refractivity contribution in [1.82, 2.24) is 0 Å². The van der Waals surface area contributed by atoms with Crippen molar-refractivity contribution < 1.29 is 13.2 Å². The van der Waals surface area contributed by atoms with Gasteiger partial charge < -0.3 is 5.73 Å². The minimum absolute atomic E-state index is 0.157. The van der Waals surface area contributed by atoms with Crippen LogP contribution in [0, 0.1) is 0 Å². The van der Waals surface area contributed by atoms with Crippen LogP contribution in [0.1, 0.15) is 11.1 Å². The molecule has 76 valence electrons. The maximum Gasteiger partial charge on any atom is 0.417 e. The van der Waals surface area contributed by atoms with Crippen molar-refractivity contribution in [3.63, 3.8) is 0 Å². The second kappa shape index (κ2) is 3.86. The first-order chi connectivity index (χ1) is 6.32. The maximum atomic E-state index is 12.5. The molecule has 0 unspecified atom stereocenters. The lowest BCUT2D eigenvalue weighted by Gasteiger charge is -2.11. The Bertz CT molecular complexity index is 375. The topological polar surface area (TPSA) is 26.0 Å². The molecular formula is C8H5BrF3NS. The number of halogens is 4. The highest BCUT2D eigenvalue weighted by Gasteiger charge is 2.34. The molecule has 1 nitrogen and oxygen atoms in total. The third-order valence-electron chi connectivity index (χ3n) is 1.55. The molecule has 0 fully saturated rings. The van der Waals surface area contributed by atoms with Crippen LogP contribution in [0.3, 0.4) is 0 Å². The van der Waals surface area contributed by atoms with E-state index in [1.165, 1.54) is 12.1 Å². The van der Waals surface area contributed by atoms with Gasteiger partial charge in [0.25, 0.3) is 0 Å². The van der Waals surface area contributed by atoms with Crippen molar-refractivity contribution in [2.75, 3.05) is 0 Å². The summed E-state index contributed by atoms with van der Waals surface area (Å²) in [6.45, 7) is 0. The van der Waals surface area contributed by atoms with Gasteiger partial charge in [0.05, 0.1) is 5.56 Å². The number of hydrogen-bond acceptors (Lipinski definition) is 1. The van der Waals surface area contributed by atoms with Gasteiger partial charge in [-0.3, -0.25) is 0 Å². The molecule has 0 radical (unpaired) electrons. The number of hydrogen-bond donors (Lipinski definition) is 1. The van der Waals surface area contributed by atoms with Gasteiger partial charge in [-0.25, -0.2) is 0 Å². The summed E-state index contributed by atoms with van der Waals surface area (Å²) in [4.78, 5) is -0.259. The number of rotatable bonds is 1. The lowest BCUT2D eigenvalue weighted by Crippen LogP contribution is -2.17. The van der Waals surface area contributed by atoms with E-state index in [1.54, 1.807) is 0 Å². The third-order valence-corrected chi connectivity index (χ3v) is 2.27. The zero-order chi connectivity index (χ0) is 10.9. The van der Waals surface area contributed by atoms with Crippen LogP contribution in [0.25, 0.3) is 0 Å². The largest absolute Gasteiger partial charge is 0.417 e. The first-order valence-corrected chi connectivity index (χ1v) is 4.69. The van der Waals surface area contributed by atoms with Gasteiger partial charge in [-0.2, -0.15) is 13.2 Å². The van der Waals surface area contributed by atoms with Crippen molar-refractivity contribution in [2.24, 2.45) is 5.73 Å². The molecule has 0 aliphatic carbocycles. The molecule has 6 heteroatoms. The van der Waals surface area contributed by atoms with E-state index >= 15 is 0 Å². The van der Waals surface area contributed by atoms with Gasteiger partial charge in [0.1, 0.15) is 4.99 Å². The zero-order valence-electron chi connectivity index (χ0n) is 6.73. The molecule has 0 heterocycles. The van der Waals surface area contributed by atoms with Crippen LogP contribution < -0.4 is 5.73 Å². The van der Waals surface area contributed by atoms with Crippen molar-refractivity contribution in [3.8, 4) is 0 Å². The average Bonchev–Trinajstić information content (AvgIpc) is 2.01. The van der Waals surface area contributed by atoms with E-state index < -0.39 is 11.7 Å². The summed E-state index contributed by atoms with van der Waals surface area (Å²) < 4.78 is 37.7. The van der Waals surface area contributed by atoms with E-state index in [0.29, 0.717) is 4.47 Å². The Kier molecular flexibility index (Phi) is 3.16. The maximum absolute atomic E-state index is 12.5. The van der Waals surface area contributed by atoms with Crippen LogP contribution in [0.2, 0.25) is 0 Å². The van der Waals surface area contributed by atoms with Gasteiger partial charge >= 0.3 is 6.18 Å². The van der Waals surface area contributed by atoms with Gasteiger partial charge in [0.15, 0.2) is 0 Å². The van der Waals surface area contributed by atoms with Gasteiger partial charge in [-0.05, 0) is 12.1 Å². The highest BCUT2D eigenvalue weighted by atomic mass is 79.9. The number of thiocarbonyl (C=S) groups is 1. The molecule has 0 spiro atoms. The molecule has 0 bridgehead atoms. The number of alkyl halides is 3. The minimum atomic E-state index is -4.44. The van der Waals surface area contributed by atoms with Crippen LogP contribution in [-0.2, 0) is 6.18 Å². The fraction of sp³-hybridized carbons (Fsp3) is 0.125. The average molecular weight is 284 g/mol. The Morgan fingerprint density at radius 1 is 1.36 bits per heavy atom. The van der Waals surface area contributed by atoms with Crippen LogP contribution in [-0.4, -0.2) is 4.99 Å². The summed E-state index contributed by atoms with van der Waals surface area (Å²) in [6, 6.07) is 3.66. The highest BCUT2D eigenvalue weighted by Crippen LogP contribution is 2.33. The molecular weight excluding hydrogens is 279 g/mol. The Labute approximate surface area is 92.2 Å². The summed E-state index contributed by atoms with van der Waals surface area (Å²) in [5.74, 6) is 0. The standard InChI is InChI=1S/C8H5BrF3NS/c9-4-1-2-5(7(13)14)6(3-4)8(10,11)12/h1-3H,(H2,13,14). The smallest absolute Gasteiger partial charge is 0.389 e. The molecule has 1 aromatic rings. The Morgan fingerprint density at radius 3 is 2.36 bits per heavy atom. The monoisotopic (exact) mass is 283 g/mol. The van der Waals surface area contributed by atoms with Crippen LogP contribution in [0.4, 0.5) is 13.2 Å². The fourth-order valence-corrected chi connectivity index (χ4v) is 1.50. The van der Waals surface area contributed by atoms with Crippen molar-refractivity contribution >= 4 is 33.1 Å². The minimum Gasteiger partial charge on any atom is -0.389 e. The van der Waals surface area contributed by atoms with Gasteiger partial charge in [-0.15, -0.1) is 0 Å². The number of benzene rings is 1. The lowest BCUT2D eigenvalue weighted by atomic mass is 10.1. The second-order valence-corrected chi connectivity index (χ2v) is 3.91. The van der Waals surface area contributed by atoms with Gasteiger partial charge in [0.2, 0.25) is 0 Å². The summed E-state index contributed by atoms with van der Waals surface area (Å²) in [7, 11) is 0. The van der Waals surface area contributed by atoms with E-state index in [-0.39, 0.29) is 10.6 Å². The highest BCUT2D eigenvalue weighted by molar-refractivity contribution is 9.10. The van der Waals surface area contributed by atoms with Crippen molar-refractivity contribution in [2.45, 2.75) is 6.18 Å². The quantitative estimate of drug-likeness (QED) is 0.802. The summed E-state index contributed by atoms with van der Waals surface area (Å²) in [6.07, 6.45) is -4.44. The molecule has 1 aromatic carbocycles. The van der Waals surface area contributed by atoms with Crippen molar-refractivity contribution in [1.29, 1.82) is 0 Å². The Hall–Kier alpha value is -0.620. The lowest BCUT2D eigenvalue weighted by molar-refractivity contribution is -0.137. The molecule has 0 aliphatic heterocycles. The predicted octanol–water partition coefficient (Wildman–Crippen LogP) is 3.10. The summed E-state index contributed by atoms with van der Waals surface area (Å²) >= 11 is 7.48. The first kappa shape index (κ1) is 11.5. The molecule has 14 heavy (non-hydrogen) atoms. The third kappa shape index (κ3) is 2.45. The Morgan fingerprint density at radius 2 is 1.93 bits per heavy atom. The molecule has 0 aromatic heterocycles. The van der Waals surface area contributed by atoms with Gasteiger partial charge in [0, 0.05) is 10.0 Å². The SMILES string of the molecule is NC(=S)c1ccc(Br)cc1C(F)(F)F. The molecule has 0 saturated heterocycles. The molecule has 1 rings (SSSR count). The normalized spacial score (nSPS) is 11.4. The van der Waals surface area contributed by atoms with E-state index in [9.17, 15) is 13.2 Å². The molecule has 0 atom stereocenters. The predicted molar refractivity (Wildman–Crippen MR) is 55.0 cm³/mol. The second-order valence-electron chi connectivity index (χ2n) is 2.55. The van der Waals surface area contributed by atoms with E-state index in [4.69, 9.17) is 5.73 Å². The van der Waals surface area contributed by atoms with E-state index in [2.05, 4.69) is 28.1 Å². The first-order valence-electron chi connectivity index (χ1n) is 3.49. The van der Waals surface area contributed by atoms with Crippen LogP contribution in [0.5, 0.6) is 0 Å². The van der Waals surface area contributed by atoms with Crippen LogP contribution in [0.15, 0.2) is 22.7 Å². The van der Waals surface area contributed by atoms with Gasteiger partial charge in [-0.1, -0.05) is 34.2 Å². The summed E-state index contributed by atoms with van der Waals surface area (Å²) in [5, 5.41) is 0. The molecule has 2 N–H and O–H groups in total. The van der Waals surface area contributed by atoms with Crippen LogP contribution >= 0.6 is 28.1 Å². The van der Waals surface area contributed by atoms with E-state index in [1.807, 2.05) is 0 Å². The molecule has 0 aliphatic rings. The number of nitrogens with two attached hydrogens (primary N) is 1.